The van der Waals surface area contributed by atoms with E-state index in [0.717, 1.165) is 41.1 Å². The Kier molecular flexibility index (Phi) is 5.81. The van der Waals surface area contributed by atoms with E-state index in [9.17, 15) is 9.59 Å². The van der Waals surface area contributed by atoms with Crippen LogP contribution < -0.4 is 10.1 Å². The van der Waals surface area contributed by atoms with Crippen LogP contribution in [-0.2, 0) is 9.59 Å². The molecule has 1 saturated carbocycles. The number of aliphatic imine (C=N–C) groups is 1. The number of benzene rings is 2. The van der Waals surface area contributed by atoms with Crippen LogP contribution in [0.5, 0.6) is 5.75 Å². The van der Waals surface area contributed by atoms with Crippen LogP contribution in [0.2, 0.25) is 0 Å². The van der Waals surface area contributed by atoms with Crippen molar-refractivity contribution in [2.75, 3.05) is 12.4 Å². The highest BCUT2D eigenvalue weighted by molar-refractivity contribution is 8.15. The predicted octanol–water partition coefficient (Wildman–Crippen LogP) is 4.43. The molecule has 4 rings (SSSR count). The molecule has 2 fully saturated rings. The normalized spacial score (nSPS) is 20.0. The van der Waals surface area contributed by atoms with Gasteiger partial charge in [0.25, 0.3) is 0 Å². The van der Waals surface area contributed by atoms with Crippen molar-refractivity contribution in [3.8, 4) is 5.75 Å². The second-order valence-electron chi connectivity index (χ2n) is 7.66. The smallest absolute Gasteiger partial charge is 0.242 e. The van der Waals surface area contributed by atoms with Gasteiger partial charge in [-0.1, -0.05) is 30.0 Å². The molecule has 6 nitrogen and oxygen atoms in total. The quantitative estimate of drug-likeness (QED) is 0.746. The van der Waals surface area contributed by atoms with Crippen LogP contribution in [0, 0.1) is 13.8 Å². The molecular formula is C23H25N3O3S. The van der Waals surface area contributed by atoms with Gasteiger partial charge in [0.15, 0.2) is 5.17 Å². The maximum atomic E-state index is 13.0. The van der Waals surface area contributed by atoms with E-state index in [-0.39, 0.29) is 24.3 Å². The first-order valence-electron chi connectivity index (χ1n) is 10.0. The molecule has 1 heterocycles. The summed E-state index contributed by atoms with van der Waals surface area (Å²) in [6, 6.07) is 13.5. The number of methoxy groups -OCH3 is 1. The number of aryl methyl sites for hydroxylation is 2. The van der Waals surface area contributed by atoms with Gasteiger partial charge in [0.1, 0.15) is 11.0 Å². The second kappa shape index (κ2) is 8.52. The van der Waals surface area contributed by atoms with Crippen LogP contribution in [0.3, 0.4) is 0 Å². The Morgan fingerprint density at radius 2 is 1.83 bits per heavy atom. The molecule has 1 atom stereocenters. The lowest BCUT2D eigenvalue weighted by molar-refractivity contribution is -0.128. The highest BCUT2D eigenvalue weighted by Gasteiger charge is 2.46. The van der Waals surface area contributed by atoms with Gasteiger partial charge in [0, 0.05) is 18.2 Å². The van der Waals surface area contributed by atoms with Gasteiger partial charge in [-0.15, -0.1) is 0 Å². The zero-order valence-electron chi connectivity index (χ0n) is 17.3. The third-order valence-electron chi connectivity index (χ3n) is 5.29. The maximum Gasteiger partial charge on any atom is 0.242 e. The lowest BCUT2D eigenvalue weighted by Gasteiger charge is -2.15. The first-order valence-corrected chi connectivity index (χ1v) is 10.9. The summed E-state index contributed by atoms with van der Waals surface area (Å²) in [7, 11) is 1.62. The first kappa shape index (κ1) is 20.5. The molecular weight excluding hydrogens is 398 g/mol. The van der Waals surface area contributed by atoms with E-state index in [1.54, 1.807) is 12.0 Å². The lowest BCUT2D eigenvalue weighted by atomic mass is 10.1. The Balaban J connectivity index is 1.49. The molecule has 0 aromatic heterocycles. The Labute approximate surface area is 180 Å². The van der Waals surface area contributed by atoms with Crippen molar-refractivity contribution in [2.24, 2.45) is 4.99 Å². The van der Waals surface area contributed by atoms with Crippen LogP contribution in [0.1, 0.15) is 30.4 Å². The van der Waals surface area contributed by atoms with E-state index in [1.165, 1.54) is 11.8 Å². The number of nitrogens with zero attached hydrogens (tertiary/aromatic N) is 2. The first-order chi connectivity index (χ1) is 14.5. The Morgan fingerprint density at radius 3 is 2.43 bits per heavy atom. The number of hydrogen-bond donors (Lipinski definition) is 1. The van der Waals surface area contributed by atoms with E-state index in [2.05, 4.69) is 5.32 Å². The number of amides is 2. The van der Waals surface area contributed by atoms with Crippen LogP contribution >= 0.6 is 11.8 Å². The van der Waals surface area contributed by atoms with Gasteiger partial charge in [-0.2, -0.15) is 0 Å². The topological polar surface area (TPSA) is 71.0 Å². The number of thioether (sulfide) groups is 1. The van der Waals surface area contributed by atoms with Gasteiger partial charge in [-0.3, -0.25) is 14.5 Å². The number of carbonyl (C=O) groups is 2. The van der Waals surface area contributed by atoms with E-state index in [4.69, 9.17) is 9.73 Å². The Bertz CT molecular complexity index is 979. The van der Waals surface area contributed by atoms with Crippen molar-refractivity contribution in [3.05, 3.63) is 53.6 Å². The average Bonchev–Trinajstić information content (AvgIpc) is 3.51. The number of carbonyl (C=O) groups excluding carboxylic acids is 2. The summed E-state index contributed by atoms with van der Waals surface area (Å²) in [6.45, 7) is 3.93. The van der Waals surface area contributed by atoms with Crippen molar-refractivity contribution in [3.63, 3.8) is 0 Å². The van der Waals surface area contributed by atoms with Gasteiger partial charge in [0.2, 0.25) is 11.8 Å². The number of para-hydroxylation sites is 1. The van der Waals surface area contributed by atoms with Gasteiger partial charge in [-0.05, 0) is 62.1 Å². The fraction of sp³-hybridized carbons (Fsp3) is 0.348. The molecule has 1 saturated heterocycles. The van der Waals surface area contributed by atoms with Crippen molar-refractivity contribution in [1.82, 2.24) is 4.90 Å². The standard InChI is InChI=1S/C23H25N3O3S/c1-14-5-4-6-15(2)21(14)25-20(27)13-19-22(28)26(17-9-10-17)23(30-19)24-16-7-11-18(29-3)12-8-16/h4-8,11-12,17,19H,9-10,13H2,1-3H3,(H,25,27)/t19-/m1/s1. The molecule has 1 N–H and O–H groups in total. The lowest BCUT2D eigenvalue weighted by Crippen LogP contribution is -2.35. The Hall–Kier alpha value is -2.80. The molecule has 1 aliphatic carbocycles. The number of rotatable bonds is 6. The summed E-state index contributed by atoms with van der Waals surface area (Å²) in [4.78, 5) is 32.2. The number of anilines is 1. The van der Waals surface area contributed by atoms with Crippen LogP contribution in [-0.4, -0.2) is 40.3 Å². The number of amidine groups is 1. The number of ether oxygens (including phenoxy) is 1. The monoisotopic (exact) mass is 423 g/mol. The third kappa shape index (κ3) is 4.36. The minimum Gasteiger partial charge on any atom is -0.497 e. The molecule has 0 radical (unpaired) electrons. The van der Waals surface area contributed by atoms with Crippen molar-refractivity contribution in [1.29, 1.82) is 0 Å². The SMILES string of the molecule is COc1ccc(N=C2S[C@H](CC(=O)Nc3c(C)cccc3C)C(=O)N2C2CC2)cc1. The molecule has 2 aliphatic rings. The molecule has 156 valence electrons. The van der Waals surface area contributed by atoms with Crippen molar-refractivity contribution in [2.45, 2.75) is 44.4 Å². The summed E-state index contributed by atoms with van der Waals surface area (Å²) >= 11 is 1.38. The fourth-order valence-corrected chi connectivity index (χ4v) is 4.71. The zero-order valence-corrected chi connectivity index (χ0v) is 18.2. The number of nitrogens with one attached hydrogen (secondary N) is 1. The molecule has 0 spiro atoms. The zero-order chi connectivity index (χ0) is 21.3. The molecule has 1 aliphatic heterocycles. The van der Waals surface area contributed by atoms with Crippen molar-refractivity contribution < 1.29 is 14.3 Å². The minimum absolute atomic E-state index is 0.0218. The largest absolute Gasteiger partial charge is 0.497 e. The number of hydrogen-bond acceptors (Lipinski definition) is 5. The van der Waals surface area contributed by atoms with E-state index in [1.807, 2.05) is 56.3 Å². The van der Waals surface area contributed by atoms with Crippen LogP contribution in [0.25, 0.3) is 0 Å². The Morgan fingerprint density at radius 1 is 1.17 bits per heavy atom. The highest BCUT2D eigenvalue weighted by Crippen LogP contribution is 2.39. The molecule has 0 bridgehead atoms. The third-order valence-corrected chi connectivity index (χ3v) is 6.44. The molecule has 2 amide bonds. The minimum atomic E-state index is -0.452. The molecule has 0 unspecified atom stereocenters. The van der Waals surface area contributed by atoms with E-state index in [0.29, 0.717) is 5.17 Å². The summed E-state index contributed by atoms with van der Waals surface area (Å²) in [6.07, 6.45) is 2.09. The molecule has 7 heteroatoms. The molecule has 2 aromatic rings. The van der Waals surface area contributed by atoms with Gasteiger partial charge >= 0.3 is 0 Å². The average molecular weight is 424 g/mol. The summed E-state index contributed by atoms with van der Waals surface area (Å²) < 4.78 is 5.19. The summed E-state index contributed by atoms with van der Waals surface area (Å²) in [5, 5.41) is 3.21. The van der Waals surface area contributed by atoms with Gasteiger partial charge < -0.3 is 10.1 Å². The van der Waals surface area contributed by atoms with Crippen LogP contribution in [0.4, 0.5) is 11.4 Å². The van der Waals surface area contributed by atoms with E-state index >= 15 is 0 Å². The van der Waals surface area contributed by atoms with E-state index < -0.39 is 5.25 Å². The molecule has 30 heavy (non-hydrogen) atoms. The molecule has 2 aromatic carbocycles. The fourth-order valence-electron chi connectivity index (χ4n) is 3.50. The summed E-state index contributed by atoms with van der Waals surface area (Å²) in [5.74, 6) is 0.584. The van der Waals surface area contributed by atoms with Crippen LogP contribution in [0.15, 0.2) is 47.5 Å². The van der Waals surface area contributed by atoms with Crippen molar-refractivity contribution >= 4 is 40.1 Å². The predicted molar refractivity (Wildman–Crippen MR) is 120 cm³/mol. The summed E-state index contributed by atoms with van der Waals surface area (Å²) in [5.41, 5.74) is 3.60. The maximum absolute atomic E-state index is 13.0. The van der Waals surface area contributed by atoms with Gasteiger partial charge in [-0.25, -0.2) is 4.99 Å². The highest BCUT2D eigenvalue weighted by atomic mass is 32.2. The van der Waals surface area contributed by atoms with Gasteiger partial charge in [0.05, 0.1) is 12.8 Å². The second-order valence-corrected chi connectivity index (χ2v) is 8.83.